The molecule has 4 nitrogen and oxygen atoms in total. The van der Waals surface area contributed by atoms with E-state index in [9.17, 15) is 0 Å². The molecule has 0 aliphatic rings. The molecule has 0 aliphatic heterocycles. The molecule has 0 bridgehead atoms. The predicted molar refractivity (Wildman–Crippen MR) is 71.5 cm³/mol. The van der Waals surface area contributed by atoms with E-state index in [0.717, 1.165) is 36.3 Å². The highest BCUT2D eigenvalue weighted by atomic mass is 32.2. The van der Waals surface area contributed by atoms with Crippen molar-refractivity contribution in [1.29, 1.82) is 0 Å². The molecule has 0 saturated heterocycles. The Bertz CT molecular complexity index is 330. The van der Waals surface area contributed by atoms with Crippen molar-refractivity contribution >= 4 is 23.4 Å². The smallest absolute Gasteiger partial charge is 0.191 e. The van der Waals surface area contributed by atoms with Gasteiger partial charge in [0.1, 0.15) is 11.6 Å². The quantitative estimate of drug-likeness (QED) is 0.611. The monoisotopic (exact) mass is 240 g/mol. The van der Waals surface area contributed by atoms with Gasteiger partial charge in [0.05, 0.1) is 0 Å². The van der Waals surface area contributed by atoms with E-state index in [2.05, 4.69) is 34.0 Å². The van der Waals surface area contributed by atoms with Crippen molar-refractivity contribution in [3.63, 3.8) is 0 Å². The highest BCUT2D eigenvalue weighted by Crippen LogP contribution is 2.19. The highest BCUT2D eigenvalue weighted by Gasteiger charge is 2.06. The van der Waals surface area contributed by atoms with Crippen LogP contribution in [0.2, 0.25) is 0 Å². The SMILES string of the molecule is CCCNc1cc(N(C)CC)nc(SC)n1. The average molecular weight is 240 g/mol. The molecule has 0 aliphatic carbocycles. The number of thioether (sulfide) groups is 1. The fraction of sp³-hybridized carbons (Fsp3) is 0.636. The van der Waals surface area contributed by atoms with Crippen LogP contribution in [0.1, 0.15) is 20.3 Å². The van der Waals surface area contributed by atoms with Crippen molar-refractivity contribution in [2.45, 2.75) is 25.4 Å². The zero-order valence-corrected chi connectivity index (χ0v) is 11.3. The van der Waals surface area contributed by atoms with E-state index < -0.39 is 0 Å². The molecule has 0 saturated carbocycles. The van der Waals surface area contributed by atoms with Gasteiger partial charge in [-0.2, -0.15) is 0 Å². The number of nitrogens with zero attached hydrogens (tertiary/aromatic N) is 3. The van der Waals surface area contributed by atoms with E-state index in [1.807, 2.05) is 19.4 Å². The Labute approximate surface area is 102 Å². The molecule has 1 N–H and O–H groups in total. The number of hydrogen-bond donors (Lipinski definition) is 1. The molecule has 16 heavy (non-hydrogen) atoms. The second kappa shape index (κ2) is 6.58. The average Bonchev–Trinajstić information content (AvgIpc) is 2.34. The zero-order chi connectivity index (χ0) is 12.0. The normalized spacial score (nSPS) is 10.2. The summed E-state index contributed by atoms with van der Waals surface area (Å²) in [6.45, 7) is 6.14. The van der Waals surface area contributed by atoms with Crippen LogP contribution in [0.5, 0.6) is 0 Å². The number of hydrogen-bond acceptors (Lipinski definition) is 5. The van der Waals surface area contributed by atoms with E-state index in [1.54, 1.807) is 11.8 Å². The molecular formula is C11H20N4S. The Morgan fingerprint density at radius 3 is 2.69 bits per heavy atom. The lowest BCUT2D eigenvalue weighted by molar-refractivity contribution is 0.874. The fourth-order valence-electron chi connectivity index (χ4n) is 1.21. The number of anilines is 2. The topological polar surface area (TPSA) is 41.0 Å². The standard InChI is InChI=1S/C11H20N4S/c1-5-7-12-9-8-10(15(3)6-2)14-11(13-9)16-4/h8H,5-7H2,1-4H3,(H,12,13,14). The van der Waals surface area contributed by atoms with Gasteiger partial charge in [-0.3, -0.25) is 0 Å². The van der Waals surface area contributed by atoms with Crippen LogP contribution in [-0.2, 0) is 0 Å². The van der Waals surface area contributed by atoms with E-state index in [-0.39, 0.29) is 0 Å². The second-order valence-corrected chi connectivity index (χ2v) is 4.31. The second-order valence-electron chi connectivity index (χ2n) is 3.54. The molecule has 0 unspecified atom stereocenters. The van der Waals surface area contributed by atoms with E-state index in [1.165, 1.54) is 0 Å². The molecule has 0 aromatic carbocycles. The summed E-state index contributed by atoms with van der Waals surface area (Å²) >= 11 is 1.57. The van der Waals surface area contributed by atoms with Gasteiger partial charge in [-0.1, -0.05) is 18.7 Å². The van der Waals surface area contributed by atoms with Gasteiger partial charge in [0.25, 0.3) is 0 Å². The van der Waals surface area contributed by atoms with Crippen LogP contribution in [0, 0.1) is 0 Å². The lowest BCUT2D eigenvalue weighted by atomic mass is 10.4. The maximum atomic E-state index is 4.47. The Morgan fingerprint density at radius 1 is 1.38 bits per heavy atom. The van der Waals surface area contributed by atoms with Gasteiger partial charge in [0.2, 0.25) is 0 Å². The van der Waals surface area contributed by atoms with Crippen LogP contribution < -0.4 is 10.2 Å². The summed E-state index contributed by atoms with van der Waals surface area (Å²) < 4.78 is 0. The van der Waals surface area contributed by atoms with Crippen LogP contribution in [0.4, 0.5) is 11.6 Å². The van der Waals surface area contributed by atoms with Gasteiger partial charge in [0, 0.05) is 26.2 Å². The minimum Gasteiger partial charge on any atom is -0.370 e. The van der Waals surface area contributed by atoms with Gasteiger partial charge in [-0.15, -0.1) is 0 Å². The third-order valence-electron chi connectivity index (χ3n) is 2.30. The molecule has 0 spiro atoms. The number of rotatable bonds is 6. The molecule has 0 atom stereocenters. The number of aromatic nitrogens is 2. The van der Waals surface area contributed by atoms with Crippen molar-refractivity contribution in [2.75, 3.05) is 36.6 Å². The van der Waals surface area contributed by atoms with E-state index in [4.69, 9.17) is 0 Å². The van der Waals surface area contributed by atoms with Crippen LogP contribution >= 0.6 is 11.8 Å². The molecule has 1 rings (SSSR count). The maximum absolute atomic E-state index is 4.47. The number of nitrogens with one attached hydrogen (secondary N) is 1. The summed E-state index contributed by atoms with van der Waals surface area (Å²) in [6, 6.07) is 2.00. The Hall–Kier alpha value is -0.970. The largest absolute Gasteiger partial charge is 0.370 e. The van der Waals surface area contributed by atoms with E-state index in [0.29, 0.717) is 0 Å². The van der Waals surface area contributed by atoms with Crippen LogP contribution in [0.25, 0.3) is 0 Å². The van der Waals surface area contributed by atoms with Gasteiger partial charge < -0.3 is 10.2 Å². The molecule has 0 amide bonds. The molecule has 1 aromatic rings. The van der Waals surface area contributed by atoms with Gasteiger partial charge in [0.15, 0.2) is 5.16 Å². The van der Waals surface area contributed by atoms with Gasteiger partial charge in [-0.05, 0) is 19.6 Å². The first kappa shape index (κ1) is 13.1. The third kappa shape index (κ3) is 3.56. The predicted octanol–water partition coefficient (Wildman–Crippen LogP) is 2.48. The maximum Gasteiger partial charge on any atom is 0.191 e. The molecular weight excluding hydrogens is 220 g/mol. The van der Waals surface area contributed by atoms with E-state index >= 15 is 0 Å². The third-order valence-corrected chi connectivity index (χ3v) is 2.84. The lowest BCUT2D eigenvalue weighted by Gasteiger charge is -2.17. The minimum atomic E-state index is 0.816. The molecule has 0 fully saturated rings. The molecule has 1 aromatic heterocycles. The van der Waals surface area contributed by atoms with Crippen LogP contribution in [0.15, 0.2) is 11.2 Å². The van der Waals surface area contributed by atoms with Crippen molar-refractivity contribution in [1.82, 2.24) is 9.97 Å². The Balaban J connectivity index is 2.91. The molecule has 0 radical (unpaired) electrons. The summed E-state index contributed by atoms with van der Waals surface area (Å²) in [6.07, 6.45) is 3.09. The molecule has 90 valence electrons. The Kier molecular flexibility index (Phi) is 5.38. The zero-order valence-electron chi connectivity index (χ0n) is 10.4. The summed E-state index contributed by atoms with van der Waals surface area (Å²) in [4.78, 5) is 11.0. The minimum absolute atomic E-state index is 0.816. The first-order valence-electron chi connectivity index (χ1n) is 5.59. The highest BCUT2D eigenvalue weighted by molar-refractivity contribution is 7.98. The van der Waals surface area contributed by atoms with Crippen molar-refractivity contribution in [2.24, 2.45) is 0 Å². The lowest BCUT2D eigenvalue weighted by Crippen LogP contribution is -2.18. The summed E-state index contributed by atoms with van der Waals surface area (Å²) in [5, 5.41) is 4.11. The first-order valence-corrected chi connectivity index (χ1v) is 6.81. The molecule has 5 heteroatoms. The summed E-state index contributed by atoms with van der Waals surface area (Å²) in [5.74, 6) is 1.89. The summed E-state index contributed by atoms with van der Waals surface area (Å²) in [7, 11) is 2.04. The molecule has 1 heterocycles. The van der Waals surface area contributed by atoms with Gasteiger partial charge in [-0.25, -0.2) is 9.97 Å². The van der Waals surface area contributed by atoms with Crippen molar-refractivity contribution in [3.05, 3.63) is 6.07 Å². The summed E-state index contributed by atoms with van der Waals surface area (Å²) in [5.41, 5.74) is 0. The van der Waals surface area contributed by atoms with Crippen molar-refractivity contribution in [3.8, 4) is 0 Å². The van der Waals surface area contributed by atoms with Crippen LogP contribution in [-0.4, -0.2) is 36.4 Å². The Morgan fingerprint density at radius 2 is 2.12 bits per heavy atom. The van der Waals surface area contributed by atoms with Crippen molar-refractivity contribution < 1.29 is 0 Å². The first-order chi connectivity index (χ1) is 7.71. The fourth-order valence-corrected chi connectivity index (χ4v) is 1.58. The van der Waals surface area contributed by atoms with Crippen LogP contribution in [0.3, 0.4) is 0 Å². The van der Waals surface area contributed by atoms with Gasteiger partial charge >= 0.3 is 0 Å².